The van der Waals surface area contributed by atoms with Crippen LogP contribution in [0.1, 0.15) is 30.1 Å². The van der Waals surface area contributed by atoms with E-state index in [0.717, 1.165) is 25.1 Å². The Hall–Kier alpha value is -3.39. The van der Waals surface area contributed by atoms with Crippen molar-refractivity contribution in [1.82, 2.24) is 5.32 Å². The number of guanidine groups is 1. The van der Waals surface area contributed by atoms with Gasteiger partial charge in [0, 0.05) is 36.5 Å². The van der Waals surface area contributed by atoms with Gasteiger partial charge in [-0.25, -0.2) is 4.99 Å². The molecule has 1 atom stereocenters. The van der Waals surface area contributed by atoms with Gasteiger partial charge in [-0.3, -0.25) is 14.9 Å². The molecule has 3 N–H and O–H groups in total. The SMILES string of the molecule is COc1cccc(NC(=NC[C@H]2CCCO2)NC(=O)c2ccc(NC(C)=O)cc2)c1. The molecule has 0 bridgehead atoms. The number of amides is 2. The molecule has 3 rings (SSSR count). The van der Waals surface area contributed by atoms with E-state index in [1.54, 1.807) is 31.4 Å². The Morgan fingerprint density at radius 1 is 1.13 bits per heavy atom. The van der Waals surface area contributed by atoms with Crippen molar-refractivity contribution >= 4 is 29.1 Å². The maximum atomic E-state index is 12.7. The van der Waals surface area contributed by atoms with Gasteiger partial charge in [0.15, 0.2) is 0 Å². The van der Waals surface area contributed by atoms with Crippen molar-refractivity contribution in [3.05, 3.63) is 54.1 Å². The first-order valence-electron chi connectivity index (χ1n) is 9.79. The van der Waals surface area contributed by atoms with Crippen LogP contribution >= 0.6 is 0 Å². The molecule has 2 amide bonds. The molecule has 0 aliphatic carbocycles. The van der Waals surface area contributed by atoms with Crippen LogP contribution in [-0.2, 0) is 9.53 Å². The molecule has 1 aliphatic heterocycles. The number of hydrogen-bond donors (Lipinski definition) is 3. The Labute approximate surface area is 175 Å². The Morgan fingerprint density at radius 2 is 1.93 bits per heavy atom. The zero-order valence-electron chi connectivity index (χ0n) is 17.1. The molecule has 2 aromatic carbocycles. The molecule has 8 nitrogen and oxygen atoms in total. The maximum Gasteiger partial charge on any atom is 0.257 e. The summed E-state index contributed by atoms with van der Waals surface area (Å²) in [6.07, 6.45) is 2.03. The van der Waals surface area contributed by atoms with E-state index in [1.165, 1.54) is 6.92 Å². The van der Waals surface area contributed by atoms with Crippen LogP contribution in [0.2, 0.25) is 0 Å². The molecule has 0 spiro atoms. The van der Waals surface area contributed by atoms with E-state index in [2.05, 4.69) is 20.9 Å². The van der Waals surface area contributed by atoms with Crippen LogP contribution < -0.4 is 20.7 Å². The zero-order valence-corrected chi connectivity index (χ0v) is 17.1. The molecule has 30 heavy (non-hydrogen) atoms. The number of aliphatic imine (C=N–C) groups is 1. The number of rotatable bonds is 6. The van der Waals surface area contributed by atoms with E-state index >= 15 is 0 Å². The molecular weight excluding hydrogens is 384 g/mol. The molecule has 0 aromatic heterocycles. The second kappa shape index (κ2) is 10.4. The minimum Gasteiger partial charge on any atom is -0.497 e. The number of methoxy groups -OCH3 is 1. The highest BCUT2D eigenvalue weighted by molar-refractivity contribution is 6.10. The molecule has 1 saturated heterocycles. The second-order valence-corrected chi connectivity index (χ2v) is 6.89. The summed E-state index contributed by atoms with van der Waals surface area (Å²) >= 11 is 0. The number of nitrogens with zero attached hydrogens (tertiary/aromatic N) is 1. The third-order valence-corrected chi connectivity index (χ3v) is 4.51. The Bertz CT molecular complexity index is 906. The molecule has 1 aliphatic rings. The molecule has 1 fully saturated rings. The third-order valence-electron chi connectivity index (χ3n) is 4.51. The highest BCUT2D eigenvalue weighted by Crippen LogP contribution is 2.17. The number of anilines is 2. The lowest BCUT2D eigenvalue weighted by atomic mass is 10.2. The first-order chi connectivity index (χ1) is 14.5. The van der Waals surface area contributed by atoms with Gasteiger partial charge in [0.1, 0.15) is 5.75 Å². The first-order valence-corrected chi connectivity index (χ1v) is 9.79. The molecule has 1 heterocycles. The fourth-order valence-electron chi connectivity index (χ4n) is 3.02. The number of ether oxygens (including phenoxy) is 2. The van der Waals surface area contributed by atoms with Gasteiger partial charge < -0.3 is 20.1 Å². The smallest absolute Gasteiger partial charge is 0.257 e. The molecule has 0 unspecified atom stereocenters. The van der Waals surface area contributed by atoms with Gasteiger partial charge in [0.2, 0.25) is 11.9 Å². The highest BCUT2D eigenvalue weighted by atomic mass is 16.5. The first kappa shape index (κ1) is 21.3. The Kier molecular flexibility index (Phi) is 7.40. The zero-order chi connectivity index (χ0) is 21.3. The fraction of sp³-hybridized carbons (Fsp3) is 0.318. The summed E-state index contributed by atoms with van der Waals surface area (Å²) in [4.78, 5) is 28.4. The predicted octanol–water partition coefficient (Wildman–Crippen LogP) is 3.03. The highest BCUT2D eigenvalue weighted by Gasteiger charge is 2.16. The van der Waals surface area contributed by atoms with E-state index in [9.17, 15) is 9.59 Å². The van der Waals surface area contributed by atoms with Crippen molar-refractivity contribution in [2.24, 2.45) is 4.99 Å². The monoisotopic (exact) mass is 410 g/mol. The van der Waals surface area contributed by atoms with Crippen molar-refractivity contribution in [3.63, 3.8) is 0 Å². The summed E-state index contributed by atoms with van der Waals surface area (Å²) in [7, 11) is 1.60. The predicted molar refractivity (Wildman–Crippen MR) is 116 cm³/mol. The van der Waals surface area contributed by atoms with Crippen LogP contribution in [0.4, 0.5) is 11.4 Å². The van der Waals surface area contributed by atoms with E-state index in [-0.39, 0.29) is 17.9 Å². The van der Waals surface area contributed by atoms with Crippen LogP contribution in [-0.4, -0.2) is 44.1 Å². The van der Waals surface area contributed by atoms with Gasteiger partial charge in [-0.2, -0.15) is 0 Å². The van der Waals surface area contributed by atoms with Crippen LogP contribution in [0.25, 0.3) is 0 Å². The minimum atomic E-state index is -0.314. The molecule has 0 saturated carbocycles. The summed E-state index contributed by atoms with van der Waals surface area (Å²) in [5, 5.41) is 8.64. The van der Waals surface area contributed by atoms with Gasteiger partial charge in [0.05, 0.1) is 19.8 Å². The van der Waals surface area contributed by atoms with Crippen molar-refractivity contribution in [2.45, 2.75) is 25.9 Å². The number of carbonyl (C=O) groups excluding carboxylic acids is 2. The molecule has 8 heteroatoms. The van der Waals surface area contributed by atoms with Gasteiger partial charge in [-0.05, 0) is 49.2 Å². The van der Waals surface area contributed by atoms with Gasteiger partial charge >= 0.3 is 0 Å². The molecular formula is C22H26N4O4. The van der Waals surface area contributed by atoms with E-state index in [1.807, 2.05) is 24.3 Å². The summed E-state index contributed by atoms with van der Waals surface area (Å²) < 4.78 is 10.9. The van der Waals surface area contributed by atoms with Crippen molar-refractivity contribution in [3.8, 4) is 5.75 Å². The summed E-state index contributed by atoms with van der Waals surface area (Å²) in [6.45, 7) is 2.63. The third kappa shape index (κ3) is 6.31. The normalized spacial score (nSPS) is 16.1. The quantitative estimate of drug-likeness (QED) is 0.502. The van der Waals surface area contributed by atoms with Crippen LogP contribution in [0, 0.1) is 0 Å². The maximum absolute atomic E-state index is 12.7. The largest absolute Gasteiger partial charge is 0.497 e. The van der Waals surface area contributed by atoms with E-state index in [4.69, 9.17) is 9.47 Å². The van der Waals surface area contributed by atoms with Gasteiger partial charge in [-0.1, -0.05) is 6.07 Å². The fourth-order valence-corrected chi connectivity index (χ4v) is 3.02. The van der Waals surface area contributed by atoms with Crippen molar-refractivity contribution in [2.75, 3.05) is 30.9 Å². The molecule has 2 aromatic rings. The molecule has 158 valence electrons. The lowest BCUT2D eigenvalue weighted by Gasteiger charge is -2.14. The van der Waals surface area contributed by atoms with E-state index in [0.29, 0.717) is 29.5 Å². The summed E-state index contributed by atoms with van der Waals surface area (Å²) in [6, 6.07) is 14.0. The van der Waals surface area contributed by atoms with Crippen LogP contribution in [0.15, 0.2) is 53.5 Å². The van der Waals surface area contributed by atoms with Crippen LogP contribution in [0.3, 0.4) is 0 Å². The molecule has 0 radical (unpaired) electrons. The van der Waals surface area contributed by atoms with Gasteiger partial charge in [0.25, 0.3) is 5.91 Å². The lowest BCUT2D eigenvalue weighted by Crippen LogP contribution is -2.36. The standard InChI is InChI=1S/C22H26N4O4/c1-15(27)24-17-10-8-16(9-11-17)21(28)26-22(23-14-20-7-4-12-30-20)25-18-5-3-6-19(13-18)29-2/h3,5-6,8-11,13,20H,4,7,12,14H2,1-2H3,(H,24,27)(H2,23,25,26,28)/t20-/m1/s1. The van der Waals surface area contributed by atoms with Crippen molar-refractivity contribution in [1.29, 1.82) is 0 Å². The summed E-state index contributed by atoms with van der Waals surface area (Å²) in [5.41, 5.74) is 1.81. The van der Waals surface area contributed by atoms with E-state index < -0.39 is 0 Å². The number of carbonyl (C=O) groups is 2. The number of nitrogens with one attached hydrogen (secondary N) is 3. The number of hydrogen-bond acceptors (Lipinski definition) is 5. The number of benzene rings is 2. The lowest BCUT2D eigenvalue weighted by molar-refractivity contribution is -0.114. The van der Waals surface area contributed by atoms with Gasteiger partial charge in [-0.15, -0.1) is 0 Å². The minimum absolute atomic E-state index is 0.0564. The summed E-state index contributed by atoms with van der Waals surface area (Å²) in [5.74, 6) is 0.539. The average Bonchev–Trinajstić information content (AvgIpc) is 3.26. The topological polar surface area (TPSA) is 101 Å². The second-order valence-electron chi connectivity index (χ2n) is 6.89. The average molecular weight is 410 g/mol. The Morgan fingerprint density at radius 3 is 2.60 bits per heavy atom. The van der Waals surface area contributed by atoms with Crippen molar-refractivity contribution < 1.29 is 19.1 Å². The Balaban J connectivity index is 1.72. The van der Waals surface area contributed by atoms with Crippen LogP contribution in [0.5, 0.6) is 5.75 Å².